The van der Waals surface area contributed by atoms with Crippen molar-refractivity contribution in [3.63, 3.8) is 0 Å². The van der Waals surface area contributed by atoms with E-state index in [1.54, 1.807) is 6.07 Å². The van der Waals surface area contributed by atoms with Crippen LogP contribution in [0.5, 0.6) is 5.75 Å². The van der Waals surface area contributed by atoms with Crippen molar-refractivity contribution in [3.8, 4) is 5.75 Å². The van der Waals surface area contributed by atoms with Crippen LogP contribution in [0.3, 0.4) is 0 Å². The van der Waals surface area contributed by atoms with E-state index in [0.29, 0.717) is 18.4 Å². The lowest BCUT2D eigenvalue weighted by atomic mass is 9.86. The van der Waals surface area contributed by atoms with Crippen LogP contribution in [0.15, 0.2) is 51.7 Å². The van der Waals surface area contributed by atoms with Crippen LogP contribution in [0.4, 0.5) is 0 Å². The number of nitrogens with zero attached hydrogens (tertiary/aromatic N) is 1. The summed E-state index contributed by atoms with van der Waals surface area (Å²) in [5.74, 6) is 0.841. The molecule has 0 fully saturated rings. The Bertz CT molecular complexity index is 1100. The zero-order valence-corrected chi connectivity index (χ0v) is 16.9. The predicted octanol–water partition coefficient (Wildman–Crippen LogP) is 5.37. The van der Waals surface area contributed by atoms with Gasteiger partial charge in [-0.25, -0.2) is 4.79 Å². The van der Waals surface area contributed by atoms with E-state index in [1.165, 1.54) is 17.5 Å². The van der Waals surface area contributed by atoms with Crippen molar-refractivity contribution in [3.05, 3.63) is 75.1 Å². The van der Waals surface area contributed by atoms with Crippen LogP contribution < -0.4 is 10.4 Å². The van der Waals surface area contributed by atoms with Gasteiger partial charge in [0.2, 0.25) is 0 Å². The summed E-state index contributed by atoms with van der Waals surface area (Å²) in [7, 11) is 0. The van der Waals surface area contributed by atoms with E-state index in [0.717, 1.165) is 60.9 Å². The predicted molar refractivity (Wildman–Crippen MR) is 114 cm³/mol. The van der Waals surface area contributed by atoms with Crippen molar-refractivity contribution in [1.29, 1.82) is 0 Å². The number of fused-ring (bicyclic) bond motifs is 4. The highest BCUT2D eigenvalue weighted by atomic mass is 16.5. The van der Waals surface area contributed by atoms with Gasteiger partial charge in [0.25, 0.3) is 0 Å². The van der Waals surface area contributed by atoms with E-state index in [9.17, 15) is 4.79 Å². The molecule has 4 nitrogen and oxygen atoms in total. The molecule has 2 heterocycles. The lowest BCUT2D eigenvalue weighted by molar-refractivity contribution is 0.0482. The lowest BCUT2D eigenvalue weighted by Crippen LogP contribution is -2.37. The van der Waals surface area contributed by atoms with Gasteiger partial charge in [-0.05, 0) is 60.9 Å². The second-order valence-corrected chi connectivity index (χ2v) is 8.24. The summed E-state index contributed by atoms with van der Waals surface area (Å²) in [6.45, 7) is 3.48. The van der Waals surface area contributed by atoms with Crippen molar-refractivity contribution >= 4 is 11.0 Å². The second-order valence-electron chi connectivity index (χ2n) is 8.24. The Kier molecular flexibility index (Phi) is 4.88. The molecule has 1 aromatic heterocycles. The van der Waals surface area contributed by atoms with E-state index >= 15 is 0 Å². The number of ether oxygens (including phenoxy) is 1. The van der Waals surface area contributed by atoms with Gasteiger partial charge >= 0.3 is 5.63 Å². The maximum atomic E-state index is 12.3. The third-order valence-electron chi connectivity index (χ3n) is 6.38. The Morgan fingerprint density at radius 1 is 1.17 bits per heavy atom. The zero-order chi connectivity index (χ0) is 19.8. The fourth-order valence-electron chi connectivity index (χ4n) is 4.90. The van der Waals surface area contributed by atoms with Gasteiger partial charge in [0.05, 0.1) is 5.56 Å². The summed E-state index contributed by atoms with van der Waals surface area (Å²) in [5, 5.41) is 1.05. The molecule has 0 saturated heterocycles. The molecule has 0 bridgehead atoms. The summed E-state index contributed by atoms with van der Waals surface area (Å²) in [5.41, 5.74) is 5.39. The zero-order valence-electron chi connectivity index (χ0n) is 16.9. The standard InChI is InChI=1S/C25H27NO3/c1-2-3-7-18-14-24(27)29-25-20(18)12-13-23-21(25)15-26(16-28-23)22-11-6-9-17-8-4-5-10-19(17)22/h4-5,8,10,12-14,22H,2-3,6-7,9,11,15-16H2,1H3. The van der Waals surface area contributed by atoms with Gasteiger partial charge in [-0.2, -0.15) is 0 Å². The molecule has 2 aliphatic rings. The normalized spacial score (nSPS) is 18.9. The molecule has 1 unspecified atom stereocenters. The Balaban J connectivity index is 1.55. The van der Waals surface area contributed by atoms with Gasteiger partial charge in [-0.3, -0.25) is 4.90 Å². The molecule has 1 aliphatic carbocycles. The monoisotopic (exact) mass is 389 g/mol. The summed E-state index contributed by atoms with van der Waals surface area (Å²) in [4.78, 5) is 14.7. The summed E-state index contributed by atoms with van der Waals surface area (Å²) >= 11 is 0. The second kappa shape index (κ2) is 7.68. The van der Waals surface area contributed by atoms with Crippen LogP contribution >= 0.6 is 0 Å². The summed E-state index contributed by atoms with van der Waals surface area (Å²) in [6, 6.07) is 14.8. The van der Waals surface area contributed by atoms with Crippen LogP contribution in [0.25, 0.3) is 11.0 Å². The van der Waals surface area contributed by atoms with Gasteiger partial charge < -0.3 is 9.15 Å². The van der Waals surface area contributed by atoms with E-state index in [2.05, 4.69) is 36.1 Å². The Morgan fingerprint density at radius 2 is 2.07 bits per heavy atom. The molecule has 1 aliphatic heterocycles. The van der Waals surface area contributed by atoms with Gasteiger partial charge in [-0.15, -0.1) is 0 Å². The maximum Gasteiger partial charge on any atom is 0.336 e. The SMILES string of the molecule is CCCCc1cc(=O)oc2c3c(ccc12)OCN(C1CCCc2ccccc21)C3. The number of rotatable bonds is 4. The lowest BCUT2D eigenvalue weighted by Gasteiger charge is -2.38. The van der Waals surface area contributed by atoms with Gasteiger partial charge in [0.1, 0.15) is 18.1 Å². The number of benzene rings is 2. The van der Waals surface area contributed by atoms with E-state index in [4.69, 9.17) is 9.15 Å². The van der Waals surface area contributed by atoms with Crippen molar-refractivity contribution in [2.75, 3.05) is 6.73 Å². The molecule has 0 saturated carbocycles. The number of hydrogen-bond donors (Lipinski definition) is 0. The average Bonchev–Trinajstić information content (AvgIpc) is 2.76. The van der Waals surface area contributed by atoms with Crippen LogP contribution in [-0.2, 0) is 19.4 Å². The third-order valence-corrected chi connectivity index (χ3v) is 6.38. The van der Waals surface area contributed by atoms with Crippen molar-refractivity contribution < 1.29 is 9.15 Å². The highest BCUT2D eigenvalue weighted by Crippen LogP contribution is 2.40. The molecule has 29 heavy (non-hydrogen) atoms. The molecule has 4 heteroatoms. The van der Waals surface area contributed by atoms with Crippen LogP contribution in [0.2, 0.25) is 0 Å². The largest absolute Gasteiger partial charge is 0.478 e. The highest BCUT2D eigenvalue weighted by molar-refractivity contribution is 5.85. The molecule has 0 N–H and O–H groups in total. The van der Waals surface area contributed by atoms with Gasteiger partial charge in [0.15, 0.2) is 0 Å². The number of unbranched alkanes of at least 4 members (excludes halogenated alkanes) is 1. The average molecular weight is 389 g/mol. The quantitative estimate of drug-likeness (QED) is 0.563. The topological polar surface area (TPSA) is 42.7 Å². The first kappa shape index (κ1) is 18.4. The molecule has 3 aromatic rings. The molecule has 0 amide bonds. The Labute approximate surface area is 171 Å². The minimum atomic E-state index is -0.267. The van der Waals surface area contributed by atoms with Gasteiger partial charge in [-0.1, -0.05) is 37.6 Å². The molecule has 2 aromatic carbocycles. The fourth-order valence-corrected chi connectivity index (χ4v) is 4.90. The smallest absolute Gasteiger partial charge is 0.336 e. The highest BCUT2D eigenvalue weighted by Gasteiger charge is 2.30. The fraction of sp³-hybridized carbons (Fsp3) is 0.400. The molecule has 150 valence electrons. The molecule has 0 spiro atoms. The molecular formula is C25H27NO3. The van der Waals surface area contributed by atoms with Crippen molar-refractivity contribution in [2.24, 2.45) is 0 Å². The van der Waals surface area contributed by atoms with Gasteiger partial charge in [0, 0.05) is 24.0 Å². The van der Waals surface area contributed by atoms with Crippen molar-refractivity contribution in [2.45, 2.75) is 58.0 Å². The van der Waals surface area contributed by atoms with Crippen LogP contribution in [0.1, 0.15) is 60.9 Å². The maximum absolute atomic E-state index is 12.3. The first-order valence-corrected chi connectivity index (χ1v) is 10.8. The third kappa shape index (κ3) is 3.36. The van der Waals surface area contributed by atoms with E-state index in [1.807, 2.05) is 12.1 Å². The molecule has 1 atom stereocenters. The molecule has 0 radical (unpaired) electrons. The minimum absolute atomic E-state index is 0.267. The summed E-state index contributed by atoms with van der Waals surface area (Å²) < 4.78 is 11.9. The van der Waals surface area contributed by atoms with Crippen LogP contribution in [0, 0.1) is 0 Å². The minimum Gasteiger partial charge on any atom is -0.478 e. The first-order chi connectivity index (χ1) is 14.2. The number of aryl methyl sites for hydroxylation is 2. The summed E-state index contributed by atoms with van der Waals surface area (Å²) in [6.07, 6.45) is 6.54. The van der Waals surface area contributed by atoms with Crippen molar-refractivity contribution in [1.82, 2.24) is 4.90 Å². The first-order valence-electron chi connectivity index (χ1n) is 10.8. The Hall–Kier alpha value is -2.59. The van der Waals surface area contributed by atoms with Crippen LogP contribution in [-0.4, -0.2) is 11.6 Å². The molecular weight excluding hydrogens is 362 g/mol. The Morgan fingerprint density at radius 3 is 2.97 bits per heavy atom. The number of hydrogen-bond acceptors (Lipinski definition) is 4. The van der Waals surface area contributed by atoms with E-state index in [-0.39, 0.29) is 5.63 Å². The molecule has 5 rings (SSSR count). The van der Waals surface area contributed by atoms with E-state index < -0.39 is 0 Å².